The largest absolute Gasteiger partial charge is 0.445 e. The van der Waals surface area contributed by atoms with Crippen LogP contribution in [0, 0.1) is 6.92 Å². The monoisotopic (exact) mass is 426 g/mol. The number of nitrogens with one attached hydrogen (secondary N) is 1. The number of ether oxygens (including phenoxy) is 1. The van der Waals surface area contributed by atoms with Gasteiger partial charge in [0, 0.05) is 23.3 Å². The summed E-state index contributed by atoms with van der Waals surface area (Å²) in [6.45, 7) is 6.63. The highest BCUT2D eigenvalue weighted by molar-refractivity contribution is 5.86. The molecule has 3 aromatic carbocycles. The molecule has 1 aromatic heterocycles. The predicted octanol–water partition coefficient (Wildman–Crippen LogP) is 4.23. The molecule has 0 saturated heterocycles. The molecular weight excluding hydrogens is 398 g/mol. The number of aryl methyl sites for hydroxylation is 1. The molecule has 2 atom stereocenters. The van der Waals surface area contributed by atoms with E-state index in [-0.39, 0.29) is 5.63 Å². The van der Waals surface area contributed by atoms with Crippen molar-refractivity contribution in [2.24, 2.45) is 0 Å². The van der Waals surface area contributed by atoms with E-state index in [1.807, 2.05) is 55.5 Å². The van der Waals surface area contributed by atoms with Crippen LogP contribution in [0.15, 0.2) is 82.0 Å². The third-order valence-corrected chi connectivity index (χ3v) is 6.56. The highest BCUT2D eigenvalue weighted by Crippen LogP contribution is 2.31. The molecule has 162 valence electrons. The van der Waals surface area contributed by atoms with Crippen LogP contribution in [0.4, 0.5) is 0 Å². The van der Waals surface area contributed by atoms with Crippen LogP contribution in [0.1, 0.15) is 40.7 Å². The zero-order valence-electron chi connectivity index (χ0n) is 18.6. The summed E-state index contributed by atoms with van der Waals surface area (Å²) in [6, 6.07) is 24.7. The quantitative estimate of drug-likeness (QED) is 0.486. The molecule has 0 aliphatic carbocycles. The van der Waals surface area contributed by atoms with Crippen LogP contribution in [-0.2, 0) is 13.0 Å². The van der Waals surface area contributed by atoms with Crippen molar-refractivity contribution in [2.45, 2.75) is 32.7 Å². The molecule has 0 spiro atoms. The number of quaternary nitrogens is 1. The average molecular weight is 427 g/mol. The Hall–Kier alpha value is -3.37. The van der Waals surface area contributed by atoms with E-state index in [2.05, 4.69) is 31.2 Å². The SMILES string of the molecule is Cc1c(Cc2ccccc2)c(=O)oc2c3c(ccc12)OC[NH+](C[C@H](C)c1ccccc1)C3. The van der Waals surface area contributed by atoms with Crippen LogP contribution in [0.2, 0.25) is 0 Å². The summed E-state index contributed by atoms with van der Waals surface area (Å²) in [5.41, 5.74) is 5.57. The van der Waals surface area contributed by atoms with Crippen LogP contribution < -0.4 is 15.3 Å². The number of fused-ring (bicyclic) bond motifs is 3. The summed E-state index contributed by atoms with van der Waals surface area (Å²) in [4.78, 5) is 14.3. The molecule has 2 heterocycles. The van der Waals surface area contributed by atoms with E-state index in [1.54, 1.807) is 0 Å². The summed E-state index contributed by atoms with van der Waals surface area (Å²) in [5, 5.41) is 0.996. The summed E-state index contributed by atoms with van der Waals surface area (Å²) < 4.78 is 12.0. The van der Waals surface area contributed by atoms with Crippen molar-refractivity contribution in [2.75, 3.05) is 13.3 Å². The maximum absolute atomic E-state index is 13.0. The Morgan fingerprint density at radius 2 is 1.69 bits per heavy atom. The molecule has 0 bridgehead atoms. The predicted molar refractivity (Wildman–Crippen MR) is 126 cm³/mol. The van der Waals surface area contributed by atoms with E-state index in [1.165, 1.54) is 10.5 Å². The Labute approximate surface area is 188 Å². The van der Waals surface area contributed by atoms with Crippen LogP contribution in [0.5, 0.6) is 5.75 Å². The molecule has 4 heteroatoms. The lowest BCUT2D eigenvalue weighted by Crippen LogP contribution is -3.12. The second-order valence-electron chi connectivity index (χ2n) is 8.81. The molecule has 0 fully saturated rings. The van der Waals surface area contributed by atoms with Gasteiger partial charge in [-0.3, -0.25) is 4.90 Å². The van der Waals surface area contributed by atoms with Gasteiger partial charge in [0.15, 0.2) is 5.58 Å². The van der Waals surface area contributed by atoms with Crippen molar-refractivity contribution < 1.29 is 14.1 Å². The number of hydrogen-bond donors (Lipinski definition) is 1. The first-order valence-corrected chi connectivity index (χ1v) is 11.2. The Morgan fingerprint density at radius 3 is 2.44 bits per heavy atom. The van der Waals surface area contributed by atoms with Crippen LogP contribution in [0.25, 0.3) is 11.0 Å². The summed E-state index contributed by atoms with van der Waals surface area (Å²) in [7, 11) is 0. The van der Waals surface area contributed by atoms with Gasteiger partial charge in [-0.15, -0.1) is 0 Å². The smallest absolute Gasteiger partial charge is 0.340 e. The molecule has 5 rings (SSSR count). The van der Waals surface area contributed by atoms with Gasteiger partial charge in [0.1, 0.15) is 12.3 Å². The van der Waals surface area contributed by atoms with Crippen molar-refractivity contribution >= 4 is 11.0 Å². The molecule has 1 aliphatic heterocycles. The molecular formula is C28H28NO3+. The Morgan fingerprint density at radius 1 is 0.969 bits per heavy atom. The van der Waals surface area contributed by atoms with Gasteiger partial charge in [0.2, 0.25) is 6.73 Å². The molecule has 1 unspecified atom stereocenters. The minimum Gasteiger partial charge on any atom is -0.445 e. The van der Waals surface area contributed by atoms with E-state index in [0.29, 0.717) is 24.7 Å². The standard InChI is InChI=1S/C28H27NO3/c1-19(22-11-7-4-8-12-22)16-29-17-25-26(31-18-29)14-13-23-20(2)24(28(30)32-27(23)25)15-21-9-5-3-6-10-21/h3-14,19H,15-18H2,1-2H3/p+1/t19-/m0/s1. The average Bonchev–Trinajstić information content (AvgIpc) is 2.83. The molecule has 1 N–H and O–H groups in total. The van der Waals surface area contributed by atoms with Gasteiger partial charge in [-0.25, -0.2) is 4.79 Å². The van der Waals surface area contributed by atoms with Crippen LogP contribution in [0.3, 0.4) is 0 Å². The van der Waals surface area contributed by atoms with E-state index in [9.17, 15) is 4.79 Å². The summed E-state index contributed by atoms with van der Waals surface area (Å²) >= 11 is 0. The summed E-state index contributed by atoms with van der Waals surface area (Å²) in [6.07, 6.45) is 0.574. The minimum absolute atomic E-state index is 0.253. The maximum Gasteiger partial charge on any atom is 0.340 e. The van der Waals surface area contributed by atoms with Crippen molar-refractivity contribution in [1.82, 2.24) is 0 Å². The lowest BCUT2D eigenvalue weighted by molar-refractivity contribution is -0.933. The first-order chi connectivity index (χ1) is 15.6. The fraction of sp³-hybridized carbons (Fsp3) is 0.250. The van der Waals surface area contributed by atoms with Gasteiger partial charge < -0.3 is 9.15 Å². The minimum atomic E-state index is -0.253. The molecule has 0 saturated carbocycles. The number of hydrogen-bond acceptors (Lipinski definition) is 3. The van der Waals surface area contributed by atoms with Crippen molar-refractivity contribution in [1.29, 1.82) is 0 Å². The Bertz CT molecular complexity index is 1300. The van der Waals surface area contributed by atoms with Gasteiger partial charge >= 0.3 is 5.63 Å². The fourth-order valence-electron chi connectivity index (χ4n) is 4.74. The van der Waals surface area contributed by atoms with Gasteiger partial charge in [0.05, 0.1) is 12.1 Å². The fourth-order valence-corrected chi connectivity index (χ4v) is 4.74. The van der Waals surface area contributed by atoms with Crippen molar-refractivity contribution in [3.8, 4) is 5.75 Å². The molecule has 0 radical (unpaired) electrons. The molecule has 32 heavy (non-hydrogen) atoms. The molecule has 1 aliphatic rings. The van der Waals surface area contributed by atoms with Gasteiger partial charge in [-0.1, -0.05) is 67.6 Å². The van der Waals surface area contributed by atoms with Crippen molar-refractivity contribution in [3.63, 3.8) is 0 Å². The lowest BCUT2D eigenvalue weighted by Gasteiger charge is -2.28. The van der Waals surface area contributed by atoms with Crippen LogP contribution in [-0.4, -0.2) is 13.3 Å². The molecule has 4 nitrogen and oxygen atoms in total. The van der Waals surface area contributed by atoms with Gasteiger partial charge in [0.25, 0.3) is 0 Å². The summed E-state index contributed by atoms with van der Waals surface area (Å²) in [5.74, 6) is 1.24. The van der Waals surface area contributed by atoms with Gasteiger partial charge in [-0.2, -0.15) is 0 Å². The Balaban J connectivity index is 1.46. The second-order valence-corrected chi connectivity index (χ2v) is 8.81. The van der Waals surface area contributed by atoms with E-state index in [0.717, 1.165) is 46.5 Å². The van der Waals surface area contributed by atoms with Crippen LogP contribution >= 0.6 is 0 Å². The second kappa shape index (κ2) is 8.64. The lowest BCUT2D eigenvalue weighted by atomic mass is 9.97. The topological polar surface area (TPSA) is 43.9 Å². The first kappa shape index (κ1) is 20.5. The van der Waals surface area contributed by atoms with E-state index >= 15 is 0 Å². The third kappa shape index (κ3) is 3.94. The zero-order valence-corrected chi connectivity index (χ0v) is 18.6. The number of benzene rings is 3. The third-order valence-electron chi connectivity index (χ3n) is 6.56. The molecule has 0 amide bonds. The van der Waals surface area contributed by atoms with E-state index < -0.39 is 0 Å². The first-order valence-electron chi connectivity index (χ1n) is 11.2. The number of rotatable bonds is 5. The van der Waals surface area contributed by atoms with E-state index in [4.69, 9.17) is 9.15 Å². The maximum atomic E-state index is 13.0. The zero-order chi connectivity index (χ0) is 22.1. The highest BCUT2D eigenvalue weighted by Gasteiger charge is 2.27. The van der Waals surface area contributed by atoms with Crippen molar-refractivity contribution in [3.05, 3.63) is 111 Å². The normalized spacial score (nSPS) is 16.4. The highest BCUT2D eigenvalue weighted by atomic mass is 16.5. The molecule has 4 aromatic rings. The Kier molecular flexibility index (Phi) is 5.54. The van der Waals surface area contributed by atoms with Gasteiger partial charge in [-0.05, 0) is 35.7 Å².